The quantitative estimate of drug-likeness (QED) is 0.0447. The summed E-state index contributed by atoms with van der Waals surface area (Å²) in [5.41, 5.74) is 18.0. The van der Waals surface area contributed by atoms with Crippen molar-refractivity contribution in [1.29, 1.82) is 0 Å². The number of H-pyrrole nitrogens is 1. The first-order valence-corrected chi connectivity index (χ1v) is 19.7. The first-order valence-electron chi connectivity index (χ1n) is 19.7. The predicted octanol–water partition coefficient (Wildman–Crippen LogP) is -1.76. The maximum Gasteiger partial charge on any atom is 0.326 e. The highest BCUT2D eigenvalue weighted by molar-refractivity contribution is 5.98. The second-order valence-electron chi connectivity index (χ2n) is 15.2. The van der Waals surface area contributed by atoms with E-state index in [0.717, 1.165) is 0 Å². The summed E-state index contributed by atoms with van der Waals surface area (Å²) >= 11 is 0. The first kappa shape index (κ1) is 49.3. The number of nitrogens with one attached hydrogen (secondary N) is 7. The summed E-state index contributed by atoms with van der Waals surface area (Å²) in [7, 11) is 0. The van der Waals surface area contributed by atoms with E-state index in [0.29, 0.717) is 37.1 Å². The number of carbonyl (C=O) groups excluding carboxylic acids is 7. The van der Waals surface area contributed by atoms with E-state index in [2.05, 4.69) is 41.9 Å². The van der Waals surface area contributed by atoms with Gasteiger partial charge in [0.25, 0.3) is 0 Å². The largest absolute Gasteiger partial charge is 0.480 e. The molecule has 20 nitrogen and oxygen atoms in total. The number of unbranched alkanes of at least 4 members (excludes halogenated alkanes) is 1. The molecule has 0 aliphatic carbocycles. The van der Waals surface area contributed by atoms with Crippen molar-refractivity contribution in [3.8, 4) is 0 Å². The fraction of sp³-hybridized carbons (Fsp3) is 0.564. The highest BCUT2D eigenvalue weighted by Crippen LogP contribution is 2.11. The van der Waals surface area contributed by atoms with Crippen LogP contribution in [0.15, 0.2) is 42.9 Å². The summed E-state index contributed by atoms with van der Waals surface area (Å²) in [6.45, 7) is 7.11. The van der Waals surface area contributed by atoms with E-state index in [1.54, 1.807) is 58.0 Å². The Bertz CT molecular complexity index is 1690. The lowest BCUT2D eigenvalue weighted by atomic mass is 10.00. The molecule has 1 aromatic carbocycles. The number of hydrogen-bond acceptors (Lipinski definition) is 11. The second-order valence-corrected chi connectivity index (χ2v) is 15.2. The normalized spacial score (nSPS) is 14.2. The standard InChI is InChI=1S/C39H61N11O9/c1-22(2)14-27(47-36(55)28(16-24-10-6-5-7-11-24)46-33(52)20-44-34(53)26(41)12-8-9-13-40)35(54)49-30(18-32(42)51)38(57)48-29(17-25-19-43-21-45-25)37(56)50-31(39(58)59)15-23(3)4/h5-7,10-11,19,21-23,26-31H,8-9,12-18,20,40-41H2,1-4H3,(H2,42,51)(H,43,45)(H,44,53)(H,46,52)(H,47,55)(H,48,57)(H,49,54)(H,50,56)(H,58,59)/t26-,27-,28-,29-,30-,31-/m0/s1. The highest BCUT2D eigenvalue weighted by Gasteiger charge is 2.34. The van der Waals surface area contributed by atoms with Gasteiger partial charge in [0.2, 0.25) is 41.4 Å². The lowest BCUT2D eigenvalue weighted by Gasteiger charge is -2.27. The minimum atomic E-state index is -1.63. The minimum Gasteiger partial charge on any atom is -0.480 e. The van der Waals surface area contributed by atoms with Crippen LogP contribution in [-0.2, 0) is 51.2 Å². The average molecular weight is 828 g/mol. The van der Waals surface area contributed by atoms with Crippen LogP contribution in [0.3, 0.4) is 0 Å². The Morgan fingerprint density at radius 2 is 1.25 bits per heavy atom. The molecule has 326 valence electrons. The van der Waals surface area contributed by atoms with Gasteiger partial charge in [-0.15, -0.1) is 0 Å². The van der Waals surface area contributed by atoms with Crippen molar-refractivity contribution >= 4 is 47.3 Å². The Balaban J connectivity index is 2.30. The number of nitrogens with zero attached hydrogens (tertiary/aromatic N) is 1. The summed E-state index contributed by atoms with van der Waals surface area (Å²) in [5.74, 6) is -7.22. The number of rotatable bonds is 27. The van der Waals surface area contributed by atoms with Gasteiger partial charge in [-0.3, -0.25) is 33.6 Å². The number of amides is 7. The first-order chi connectivity index (χ1) is 27.9. The Morgan fingerprint density at radius 1 is 0.712 bits per heavy atom. The zero-order chi connectivity index (χ0) is 44.1. The van der Waals surface area contributed by atoms with Crippen LogP contribution in [0.4, 0.5) is 0 Å². The number of aromatic amines is 1. The summed E-state index contributed by atoms with van der Waals surface area (Å²) in [6, 6.07) is 1.11. The minimum absolute atomic E-state index is 0.00732. The third kappa shape index (κ3) is 18.9. The Hall–Kier alpha value is -5.89. The molecule has 6 atom stereocenters. The van der Waals surface area contributed by atoms with E-state index < -0.39 is 96.5 Å². The molecule has 0 spiro atoms. The number of benzene rings is 1. The molecule has 0 radical (unpaired) electrons. The molecular formula is C39H61N11O9. The number of aliphatic carboxylic acids is 1. The number of primary amides is 1. The van der Waals surface area contributed by atoms with E-state index in [1.807, 2.05) is 0 Å². The maximum atomic E-state index is 13.9. The SMILES string of the molecule is CC(C)C[C@H](NC(=O)[C@H](Cc1cnc[nH]1)NC(=O)[C@H](CC(N)=O)NC(=O)[C@H](CC(C)C)NC(=O)[C@H](Cc1ccccc1)NC(=O)CNC(=O)[C@@H](N)CCCCN)C(=O)O. The van der Waals surface area contributed by atoms with Crippen molar-refractivity contribution in [3.05, 3.63) is 54.1 Å². The van der Waals surface area contributed by atoms with Gasteiger partial charge in [0.1, 0.15) is 30.2 Å². The molecule has 1 aromatic heterocycles. The molecule has 0 fully saturated rings. The van der Waals surface area contributed by atoms with Crippen LogP contribution in [0.5, 0.6) is 0 Å². The molecule has 59 heavy (non-hydrogen) atoms. The van der Waals surface area contributed by atoms with E-state index in [1.165, 1.54) is 12.5 Å². The topological polar surface area (TPSA) is 336 Å². The molecule has 2 aromatic rings. The van der Waals surface area contributed by atoms with E-state index in [-0.39, 0.29) is 37.5 Å². The fourth-order valence-corrected chi connectivity index (χ4v) is 5.96. The lowest BCUT2D eigenvalue weighted by Crippen LogP contribution is -2.60. The number of hydrogen-bond donors (Lipinski definition) is 11. The molecule has 7 amide bonds. The van der Waals surface area contributed by atoms with Gasteiger partial charge in [0, 0.05) is 24.7 Å². The van der Waals surface area contributed by atoms with Crippen LogP contribution in [0.25, 0.3) is 0 Å². The lowest BCUT2D eigenvalue weighted by molar-refractivity contribution is -0.143. The van der Waals surface area contributed by atoms with Gasteiger partial charge >= 0.3 is 5.97 Å². The van der Waals surface area contributed by atoms with Gasteiger partial charge in [0.15, 0.2) is 0 Å². The summed E-state index contributed by atoms with van der Waals surface area (Å²) in [6.07, 6.45) is 3.76. The average Bonchev–Trinajstić information content (AvgIpc) is 3.68. The zero-order valence-corrected chi connectivity index (χ0v) is 34.1. The molecule has 0 aliphatic rings. The molecule has 1 heterocycles. The predicted molar refractivity (Wildman–Crippen MR) is 216 cm³/mol. The molecule has 0 unspecified atom stereocenters. The molecule has 0 aliphatic heterocycles. The second kappa shape index (κ2) is 25.5. The number of aromatic nitrogens is 2. The fourth-order valence-electron chi connectivity index (χ4n) is 5.96. The van der Waals surface area contributed by atoms with Crippen molar-refractivity contribution in [2.75, 3.05) is 13.1 Å². The van der Waals surface area contributed by atoms with Gasteiger partial charge < -0.3 is 59.2 Å². The molecule has 0 bridgehead atoms. The molecule has 14 N–H and O–H groups in total. The van der Waals surface area contributed by atoms with Gasteiger partial charge in [-0.05, 0) is 49.6 Å². The Labute approximate surface area is 343 Å². The summed E-state index contributed by atoms with van der Waals surface area (Å²) in [5, 5.41) is 24.9. The summed E-state index contributed by atoms with van der Waals surface area (Å²) < 4.78 is 0. The van der Waals surface area contributed by atoms with Crippen molar-refractivity contribution in [2.45, 2.75) is 115 Å². The summed E-state index contributed by atoms with van der Waals surface area (Å²) in [4.78, 5) is 111. The zero-order valence-electron chi connectivity index (χ0n) is 34.1. The highest BCUT2D eigenvalue weighted by atomic mass is 16.4. The number of nitrogens with two attached hydrogens (primary N) is 3. The van der Waals surface area contributed by atoms with E-state index in [4.69, 9.17) is 17.2 Å². The van der Waals surface area contributed by atoms with Gasteiger partial charge in [-0.2, -0.15) is 0 Å². The number of carboxylic acids is 1. The molecular weight excluding hydrogens is 766 g/mol. The van der Waals surface area contributed by atoms with Crippen molar-refractivity contribution in [2.24, 2.45) is 29.0 Å². The maximum absolute atomic E-state index is 13.9. The van der Waals surface area contributed by atoms with E-state index >= 15 is 0 Å². The molecule has 0 saturated carbocycles. The van der Waals surface area contributed by atoms with Gasteiger partial charge in [-0.1, -0.05) is 64.4 Å². The number of carbonyl (C=O) groups is 8. The van der Waals surface area contributed by atoms with Gasteiger partial charge in [0.05, 0.1) is 25.3 Å². The van der Waals surface area contributed by atoms with Crippen LogP contribution in [0, 0.1) is 11.8 Å². The van der Waals surface area contributed by atoms with Crippen LogP contribution in [0.1, 0.15) is 77.5 Å². The van der Waals surface area contributed by atoms with Crippen LogP contribution < -0.4 is 49.1 Å². The van der Waals surface area contributed by atoms with Crippen LogP contribution >= 0.6 is 0 Å². The number of imidazole rings is 1. The third-order valence-corrected chi connectivity index (χ3v) is 8.98. The smallest absolute Gasteiger partial charge is 0.326 e. The van der Waals surface area contributed by atoms with Crippen LogP contribution in [-0.4, -0.2) is 112 Å². The van der Waals surface area contributed by atoms with Crippen molar-refractivity contribution < 1.29 is 43.5 Å². The van der Waals surface area contributed by atoms with Crippen molar-refractivity contribution in [1.82, 2.24) is 41.9 Å². The number of carboxylic acid groups (broad SMARTS) is 1. The Kier molecular flexibility index (Phi) is 21.3. The molecule has 2 rings (SSSR count). The molecule has 0 saturated heterocycles. The third-order valence-electron chi connectivity index (χ3n) is 8.98. The van der Waals surface area contributed by atoms with Gasteiger partial charge in [-0.25, -0.2) is 9.78 Å². The van der Waals surface area contributed by atoms with Crippen LogP contribution in [0.2, 0.25) is 0 Å². The Morgan fingerprint density at radius 3 is 1.81 bits per heavy atom. The monoisotopic (exact) mass is 827 g/mol. The van der Waals surface area contributed by atoms with E-state index in [9.17, 15) is 43.5 Å². The van der Waals surface area contributed by atoms with Crippen molar-refractivity contribution in [3.63, 3.8) is 0 Å². The molecule has 20 heteroatoms.